The molecule has 0 amide bonds. The minimum absolute atomic E-state index is 0.0656. The smallest absolute Gasteiger partial charge is 0.143 e. The lowest BCUT2D eigenvalue weighted by Gasteiger charge is -2.43. The zero-order valence-electron chi connectivity index (χ0n) is 42.3. The molecule has 0 bridgehead atoms. The second-order valence-electron chi connectivity index (χ2n) is 22.6. The Bertz CT molecular complexity index is 1250. The fourth-order valence-corrected chi connectivity index (χ4v) is 7.64. The molecule has 4 rings (SSSR count). The van der Waals surface area contributed by atoms with E-state index in [1.165, 1.54) is 0 Å². The highest BCUT2D eigenvalue weighted by molar-refractivity contribution is 6.14. The van der Waals surface area contributed by atoms with E-state index in [-0.39, 0.29) is 28.8 Å². The molecule has 14 heteroatoms. The SMILES string of the molecule is BC(C)(CC1CO1)OCCC(C)(CC)OCC(COC(C)(C)CCOC(C)(C)CC1CO1)(COC(C)(CC)CCOC(C)C1CO1)COC(C)(CC)CCOC(B)(C)CC1CO1. The van der Waals surface area contributed by atoms with Crippen LogP contribution in [0.5, 0.6) is 0 Å². The van der Waals surface area contributed by atoms with Gasteiger partial charge >= 0.3 is 0 Å². The van der Waals surface area contributed by atoms with Crippen LogP contribution in [0, 0.1) is 5.41 Å². The molecule has 4 aliphatic rings. The Balaban J connectivity index is 1.54. The lowest BCUT2D eigenvalue weighted by Crippen LogP contribution is -2.50. The van der Waals surface area contributed by atoms with E-state index in [1.54, 1.807) is 0 Å². The van der Waals surface area contributed by atoms with Crippen LogP contribution in [0.3, 0.4) is 0 Å². The van der Waals surface area contributed by atoms with Gasteiger partial charge < -0.3 is 56.8 Å². The van der Waals surface area contributed by atoms with Crippen molar-refractivity contribution in [1.29, 1.82) is 0 Å². The number of epoxide rings is 4. The first kappa shape index (κ1) is 54.3. The fourth-order valence-electron chi connectivity index (χ4n) is 7.64. The first-order chi connectivity index (χ1) is 28.9. The maximum atomic E-state index is 7.14. The molecule has 4 saturated heterocycles. The van der Waals surface area contributed by atoms with Gasteiger partial charge in [-0.1, -0.05) is 20.8 Å². The van der Waals surface area contributed by atoms with E-state index >= 15 is 0 Å². The summed E-state index contributed by atoms with van der Waals surface area (Å²) in [7, 11) is 4.30. The largest absolute Gasteiger partial charge is 0.384 e. The molecule has 12 nitrogen and oxygen atoms in total. The second-order valence-corrected chi connectivity index (χ2v) is 22.6. The normalized spacial score (nSPS) is 27.5. The third-order valence-electron chi connectivity index (χ3n) is 13.9. The van der Waals surface area contributed by atoms with Crippen LogP contribution in [0.2, 0.25) is 0 Å². The summed E-state index contributed by atoms with van der Waals surface area (Å²) in [5.74, 6) is 0. The van der Waals surface area contributed by atoms with Gasteiger partial charge in [-0.15, -0.1) is 0 Å². The zero-order chi connectivity index (χ0) is 45.9. The van der Waals surface area contributed by atoms with E-state index in [4.69, 9.17) is 56.8 Å². The standard InChI is InChI=1S/C48H92B2O12/c1-14-43(9,18-21-51-36(4)40-31-55-40)60-33-48(32-59-41(5,6)17-22-56-42(7,8)25-37-28-52-37,34-61-44(10,15-2)19-23-57-46(12,49)26-38-29-53-38)35-62-45(11,16-3)20-24-58-47(13,50)27-39-30-54-39/h36-40H,14-35,49-50H2,1-13H3. The molecule has 0 aromatic heterocycles. The monoisotopic (exact) mass is 883 g/mol. The lowest BCUT2D eigenvalue weighted by molar-refractivity contribution is -0.203. The van der Waals surface area contributed by atoms with Crippen molar-refractivity contribution in [2.45, 2.75) is 224 Å². The van der Waals surface area contributed by atoms with E-state index in [2.05, 4.69) is 106 Å². The Morgan fingerprint density at radius 2 is 0.839 bits per heavy atom. The molecule has 4 heterocycles. The van der Waals surface area contributed by atoms with Gasteiger partial charge in [0.05, 0.1) is 117 Å². The minimum atomic E-state index is -0.660. The molecule has 0 radical (unpaired) electrons. The van der Waals surface area contributed by atoms with Gasteiger partial charge in [0.2, 0.25) is 0 Å². The average Bonchev–Trinajstić information content (AvgIpc) is 3.97. The number of ether oxygens (including phenoxy) is 12. The highest BCUT2D eigenvalue weighted by atomic mass is 16.6. The van der Waals surface area contributed by atoms with Crippen LogP contribution in [0.4, 0.5) is 0 Å². The summed E-state index contributed by atoms with van der Waals surface area (Å²) in [6.45, 7) is 35.3. The summed E-state index contributed by atoms with van der Waals surface area (Å²) >= 11 is 0. The molecular weight excluding hydrogens is 790 g/mol. The van der Waals surface area contributed by atoms with Gasteiger partial charge in [0.15, 0.2) is 0 Å². The Kier molecular flexibility index (Phi) is 20.2. The molecule has 0 spiro atoms. The van der Waals surface area contributed by atoms with Gasteiger partial charge in [0.1, 0.15) is 21.8 Å². The molecule has 0 N–H and O–H groups in total. The van der Waals surface area contributed by atoms with Crippen LogP contribution in [-0.2, 0) is 56.8 Å². The van der Waals surface area contributed by atoms with E-state index in [1.807, 2.05) is 0 Å². The molecule has 0 aromatic carbocycles. The van der Waals surface area contributed by atoms with Gasteiger partial charge in [0.25, 0.3) is 0 Å². The molecule has 10 atom stereocenters. The van der Waals surface area contributed by atoms with Gasteiger partial charge in [-0.2, -0.15) is 0 Å². The molecule has 0 aromatic rings. The quantitative estimate of drug-likeness (QED) is 0.0492. The molecule has 0 saturated carbocycles. The molecule has 4 fully saturated rings. The molecule has 0 aliphatic carbocycles. The Hall–Kier alpha value is -0.350. The predicted octanol–water partition coefficient (Wildman–Crippen LogP) is 6.58. The summed E-state index contributed by atoms with van der Waals surface area (Å²) in [6.07, 6.45) is 9.30. The number of rotatable bonds is 38. The van der Waals surface area contributed by atoms with Gasteiger partial charge in [0, 0.05) is 37.2 Å². The van der Waals surface area contributed by atoms with E-state index < -0.39 is 27.8 Å². The van der Waals surface area contributed by atoms with Crippen LogP contribution in [0.25, 0.3) is 0 Å². The third-order valence-corrected chi connectivity index (χ3v) is 13.9. The van der Waals surface area contributed by atoms with Crippen molar-refractivity contribution >= 4 is 15.7 Å². The molecule has 62 heavy (non-hydrogen) atoms. The Morgan fingerprint density at radius 3 is 1.23 bits per heavy atom. The maximum Gasteiger partial charge on any atom is 0.143 e. The van der Waals surface area contributed by atoms with Gasteiger partial charge in [-0.3, -0.25) is 0 Å². The van der Waals surface area contributed by atoms with Crippen molar-refractivity contribution in [3.8, 4) is 0 Å². The van der Waals surface area contributed by atoms with Gasteiger partial charge in [-0.05, 0) is 127 Å². The maximum absolute atomic E-state index is 7.14. The average molecular weight is 883 g/mol. The summed E-state index contributed by atoms with van der Waals surface area (Å²) in [6, 6.07) is 0. The van der Waals surface area contributed by atoms with Crippen molar-refractivity contribution in [3.05, 3.63) is 0 Å². The fraction of sp³-hybridized carbons (Fsp3) is 1.00. The highest BCUT2D eigenvalue weighted by Gasteiger charge is 2.43. The van der Waals surface area contributed by atoms with E-state index in [9.17, 15) is 0 Å². The molecule has 4 aliphatic heterocycles. The van der Waals surface area contributed by atoms with E-state index in [0.717, 1.165) is 90.6 Å². The topological polar surface area (TPSA) is 124 Å². The first-order valence-corrected chi connectivity index (χ1v) is 24.4. The summed E-state index contributed by atoms with van der Waals surface area (Å²) in [5.41, 5.74) is -3.27. The molecule has 10 unspecified atom stereocenters. The summed E-state index contributed by atoms with van der Waals surface area (Å²) in [4.78, 5) is 0. The van der Waals surface area contributed by atoms with Crippen LogP contribution >= 0.6 is 0 Å². The molecule has 362 valence electrons. The zero-order valence-corrected chi connectivity index (χ0v) is 42.3. The summed E-state index contributed by atoms with van der Waals surface area (Å²) < 4.78 is 76.0. The van der Waals surface area contributed by atoms with Crippen molar-refractivity contribution < 1.29 is 56.8 Å². The highest BCUT2D eigenvalue weighted by Crippen LogP contribution is 2.36. The minimum Gasteiger partial charge on any atom is -0.384 e. The second kappa shape index (κ2) is 23.1. The van der Waals surface area contributed by atoms with Crippen molar-refractivity contribution in [3.63, 3.8) is 0 Å². The van der Waals surface area contributed by atoms with Crippen LogP contribution in [0.15, 0.2) is 0 Å². The molecular formula is C48H92B2O12. The van der Waals surface area contributed by atoms with Crippen molar-refractivity contribution in [2.75, 3.05) is 79.3 Å². The Morgan fingerprint density at radius 1 is 0.468 bits per heavy atom. The van der Waals surface area contributed by atoms with E-state index in [0.29, 0.717) is 71.2 Å². The number of hydrogen-bond donors (Lipinski definition) is 0. The number of hydrogen-bond acceptors (Lipinski definition) is 12. The summed E-state index contributed by atoms with van der Waals surface area (Å²) in [5, 5.41) is 0. The van der Waals surface area contributed by atoms with Crippen LogP contribution in [0.1, 0.15) is 154 Å². The van der Waals surface area contributed by atoms with Crippen LogP contribution < -0.4 is 0 Å². The van der Waals surface area contributed by atoms with Crippen LogP contribution in [-0.4, -0.2) is 165 Å². The Labute approximate surface area is 380 Å². The lowest BCUT2D eigenvalue weighted by atomic mass is 9.79. The third kappa shape index (κ3) is 21.1. The van der Waals surface area contributed by atoms with Crippen molar-refractivity contribution in [2.24, 2.45) is 5.41 Å². The first-order valence-electron chi connectivity index (χ1n) is 24.4. The van der Waals surface area contributed by atoms with Crippen molar-refractivity contribution in [1.82, 2.24) is 0 Å². The predicted molar refractivity (Wildman–Crippen MR) is 249 cm³/mol. The van der Waals surface area contributed by atoms with Gasteiger partial charge in [-0.25, -0.2) is 0 Å².